The van der Waals surface area contributed by atoms with Gasteiger partial charge in [0.25, 0.3) is 0 Å². The predicted octanol–water partition coefficient (Wildman–Crippen LogP) is 2.47. The van der Waals surface area contributed by atoms with Crippen LogP contribution in [0.2, 0.25) is 0 Å². The predicted molar refractivity (Wildman–Crippen MR) is 94.8 cm³/mol. The van der Waals surface area contributed by atoms with E-state index >= 15 is 0 Å². The monoisotopic (exact) mass is 334 g/mol. The fraction of sp³-hybridized carbons (Fsp3) is 0.632. The first-order valence-electron chi connectivity index (χ1n) is 8.87. The highest BCUT2D eigenvalue weighted by Crippen LogP contribution is 2.33. The van der Waals surface area contributed by atoms with Gasteiger partial charge in [-0.25, -0.2) is 4.79 Å². The Hall–Kier alpha value is -1.59. The molecule has 0 spiro atoms. The molecule has 0 saturated carbocycles. The highest BCUT2D eigenvalue weighted by molar-refractivity contribution is 5.75. The third-order valence-corrected chi connectivity index (χ3v) is 4.86. The van der Waals surface area contributed by atoms with Crippen LogP contribution >= 0.6 is 0 Å². The number of rotatable bonds is 5. The largest absolute Gasteiger partial charge is 0.394 e. The minimum absolute atomic E-state index is 0.0430. The molecular weight excluding hydrogens is 304 g/mol. The highest BCUT2D eigenvalue weighted by atomic mass is 16.3. The average Bonchev–Trinajstić information content (AvgIpc) is 2.71. The normalized spacial score (nSPS) is 22.9. The zero-order valence-electron chi connectivity index (χ0n) is 14.9. The van der Waals surface area contributed by atoms with Gasteiger partial charge in [0.1, 0.15) is 0 Å². The Morgan fingerprint density at radius 2 is 2.08 bits per heavy atom. The van der Waals surface area contributed by atoms with Gasteiger partial charge in [0.05, 0.1) is 24.8 Å². The molecule has 2 rings (SSSR count). The Morgan fingerprint density at radius 3 is 2.75 bits per heavy atom. The Labute approximate surface area is 144 Å². The minimum Gasteiger partial charge on any atom is -0.394 e. The Bertz CT molecular complexity index is 547. The molecular formula is C19H30N2O3. The number of nitrogens with one attached hydrogen (secondary N) is 1. The van der Waals surface area contributed by atoms with E-state index in [1.54, 1.807) is 13.8 Å². The van der Waals surface area contributed by atoms with Crippen molar-refractivity contribution >= 4 is 6.03 Å². The number of carbonyl (C=O) groups is 1. The first kappa shape index (κ1) is 18.7. The zero-order valence-corrected chi connectivity index (χ0v) is 14.9. The molecule has 0 aliphatic heterocycles. The van der Waals surface area contributed by atoms with E-state index in [2.05, 4.69) is 24.4 Å². The maximum Gasteiger partial charge on any atom is 0.318 e. The molecule has 0 radical (unpaired) electrons. The van der Waals surface area contributed by atoms with Crippen molar-refractivity contribution in [2.24, 2.45) is 5.92 Å². The molecule has 0 aromatic heterocycles. The van der Waals surface area contributed by atoms with Crippen LogP contribution in [-0.2, 0) is 6.42 Å². The number of urea groups is 1. The number of nitrogens with zero attached hydrogens (tertiary/aromatic N) is 1. The van der Waals surface area contributed by atoms with Gasteiger partial charge in [0.2, 0.25) is 0 Å². The molecule has 0 saturated heterocycles. The van der Waals surface area contributed by atoms with Crippen molar-refractivity contribution in [3.63, 3.8) is 0 Å². The van der Waals surface area contributed by atoms with E-state index in [0.717, 1.165) is 19.3 Å². The Kier molecular flexibility index (Phi) is 6.63. The molecule has 1 aliphatic rings. The van der Waals surface area contributed by atoms with Gasteiger partial charge < -0.3 is 20.4 Å². The van der Waals surface area contributed by atoms with Crippen molar-refractivity contribution in [1.82, 2.24) is 10.2 Å². The topological polar surface area (TPSA) is 72.8 Å². The van der Waals surface area contributed by atoms with Gasteiger partial charge in [0, 0.05) is 6.54 Å². The van der Waals surface area contributed by atoms with Crippen molar-refractivity contribution in [1.29, 1.82) is 0 Å². The molecule has 5 nitrogen and oxygen atoms in total. The van der Waals surface area contributed by atoms with Crippen LogP contribution in [0.3, 0.4) is 0 Å². The molecule has 0 unspecified atom stereocenters. The fourth-order valence-electron chi connectivity index (χ4n) is 3.44. The summed E-state index contributed by atoms with van der Waals surface area (Å²) >= 11 is 0. The average molecular weight is 334 g/mol. The molecule has 0 fully saturated rings. The first-order valence-corrected chi connectivity index (χ1v) is 8.87. The fourth-order valence-corrected chi connectivity index (χ4v) is 3.44. The third-order valence-electron chi connectivity index (χ3n) is 4.86. The van der Waals surface area contributed by atoms with Crippen LogP contribution in [0.15, 0.2) is 24.3 Å². The molecule has 134 valence electrons. The summed E-state index contributed by atoms with van der Waals surface area (Å²) in [6.45, 7) is 5.68. The quantitative estimate of drug-likeness (QED) is 0.724. The Morgan fingerprint density at radius 1 is 1.38 bits per heavy atom. The van der Waals surface area contributed by atoms with Crippen LogP contribution in [-0.4, -0.2) is 46.4 Å². The number of benzene rings is 1. The lowest BCUT2D eigenvalue weighted by atomic mass is 9.92. The standard InChI is InChI=1S/C19H30N2O3/c1-13-7-6-9-16-8-4-5-10-17(16)18(13)20-19(24)21(11-15(3)23)14(2)12-22/h4-5,8,10,13-15,18,22-23H,6-7,9,11-12H2,1-3H3,(H,20,24)/t13-,14+,15-,18-/m0/s1. The lowest BCUT2D eigenvalue weighted by molar-refractivity contribution is 0.0912. The van der Waals surface area contributed by atoms with Crippen LogP contribution in [0.1, 0.15) is 50.8 Å². The van der Waals surface area contributed by atoms with Crippen molar-refractivity contribution in [3.8, 4) is 0 Å². The van der Waals surface area contributed by atoms with E-state index in [4.69, 9.17) is 0 Å². The van der Waals surface area contributed by atoms with Gasteiger partial charge in [0.15, 0.2) is 0 Å². The van der Waals surface area contributed by atoms with Crippen molar-refractivity contribution in [2.75, 3.05) is 13.2 Å². The van der Waals surface area contributed by atoms with E-state index in [1.807, 2.05) is 12.1 Å². The molecule has 0 heterocycles. The molecule has 3 N–H and O–H groups in total. The minimum atomic E-state index is -0.636. The number of carbonyl (C=O) groups excluding carboxylic acids is 1. The van der Waals surface area contributed by atoms with E-state index < -0.39 is 6.10 Å². The van der Waals surface area contributed by atoms with Gasteiger partial charge >= 0.3 is 6.03 Å². The summed E-state index contributed by atoms with van der Waals surface area (Å²) in [5.41, 5.74) is 2.48. The molecule has 1 aromatic carbocycles. The summed E-state index contributed by atoms with van der Waals surface area (Å²) in [5.74, 6) is 0.343. The summed E-state index contributed by atoms with van der Waals surface area (Å²) in [6, 6.07) is 7.68. The van der Waals surface area contributed by atoms with Gasteiger partial charge in [-0.05, 0) is 50.2 Å². The highest BCUT2D eigenvalue weighted by Gasteiger charge is 2.29. The molecule has 2 amide bonds. The lowest BCUT2D eigenvalue weighted by Crippen LogP contribution is -2.50. The smallest absolute Gasteiger partial charge is 0.318 e. The van der Waals surface area contributed by atoms with Crippen LogP contribution in [0.25, 0.3) is 0 Å². The number of amides is 2. The second-order valence-electron chi connectivity index (χ2n) is 7.03. The van der Waals surface area contributed by atoms with Crippen LogP contribution < -0.4 is 5.32 Å². The SMILES string of the molecule is C[C@H](O)CN(C(=O)N[C@@H]1c2ccccc2CCC[C@@H]1C)[C@H](C)CO. The van der Waals surface area contributed by atoms with E-state index in [-0.39, 0.29) is 31.3 Å². The van der Waals surface area contributed by atoms with Crippen LogP contribution in [0.4, 0.5) is 4.79 Å². The van der Waals surface area contributed by atoms with Crippen LogP contribution in [0.5, 0.6) is 0 Å². The number of aliphatic hydroxyl groups excluding tert-OH is 2. The zero-order chi connectivity index (χ0) is 17.7. The molecule has 1 aliphatic carbocycles. The van der Waals surface area contributed by atoms with Crippen molar-refractivity contribution in [2.45, 2.75) is 58.2 Å². The third kappa shape index (κ3) is 4.48. The molecule has 5 heteroatoms. The first-order chi connectivity index (χ1) is 11.4. The van der Waals surface area contributed by atoms with E-state index in [0.29, 0.717) is 5.92 Å². The second-order valence-corrected chi connectivity index (χ2v) is 7.03. The number of aliphatic hydroxyl groups is 2. The van der Waals surface area contributed by atoms with E-state index in [1.165, 1.54) is 16.0 Å². The van der Waals surface area contributed by atoms with Crippen LogP contribution in [0, 0.1) is 5.92 Å². The summed E-state index contributed by atoms with van der Waals surface area (Å²) in [5, 5.41) is 22.2. The van der Waals surface area contributed by atoms with E-state index in [9.17, 15) is 15.0 Å². The van der Waals surface area contributed by atoms with Gasteiger partial charge in [-0.15, -0.1) is 0 Å². The lowest BCUT2D eigenvalue weighted by Gasteiger charge is -2.33. The summed E-state index contributed by atoms with van der Waals surface area (Å²) in [6.07, 6.45) is 2.58. The van der Waals surface area contributed by atoms with Crippen molar-refractivity contribution < 1.29 is 15.0 Å². The number of hydrogen-bond donors (Lipinski definition) is 3. The summed E-state index contributed by atoms with van der Waals surface area (Å²) in [4.78, 5) is 14.3. The van der Waals surface area contributed by atoms with Crippen molar-refractivity contribution in [3.05, 3.63) is 35.4 Å². The summed E-state index contributed by atoms with van der Waals surface area (Å²) < 4.78 is 0. The molecule has 24 heavy (non-hydrogen) atoms. The maximum absolute atomic E-state index is 12.8. The molecule has 0 bridgehead atoms. The molecule has 1 aromatic rings. The number of fused-ring (bicyclic) bond motifs is 1. The summed E-state index contributed by atoms with van der Waals surface area (Å²) in [7, 11) is 0. The van der Waals surface area contributed by atoms with Gasteiger partial charge in [-0.3, -0.25) is 0 Å². The van der Waals surface area contributed by atoms with Gasteiger partial charge in [-0.2, -0.15) is 0 Å². The second kappa shape index (κ2) is 8.49. The number of hydrogen-bond acceptors (Lipinski definition) is 3. The number of aryl methyl sites for hydroxylation is 1. The molecule has 4 atom stereocenters. The maximum atomic E-state index is 12.8. The Balaban J connectivity index is 2.21. The van der Waals surface area contributed by atoms with Gasteiger partial charge in [-0.1, -0.05) is 31.2 Å².